The Balaban J connectivity index is 1.92. The first-order chi connectivity index (χ1) is 12.8. The summed E-state index contributed by atoms with van der Waals surface area (Å²) in [6.07, 6.45) is 0. The van der Waals surface area contributed by atoms with Crippen LogP contribution in [0.15, 0.2) is 40.9 Å². The summed E-state index contributed by atoms with van der Waals surface area (Å²) < 4.78 is 18.3. The molecule has 0 atom stereocenters. The van der Waals surface area contributed by atoms with Gasteiger partial charge in [0.25, 0.3) is 5.91 Å². The average Bonchev–Trinajstić information content (AvgIpc) is 3.16. The molecule has 3 aromatic rings. The fraction of sp³-hybridized carbons (Fsp3) is 0.0526. The van der Waals surface area contributed by atoms with Crippen molar-refractivity contribution in [1.82, 2.24) is 5.16 Å². The molecular formula is C19H12ClFN2O4. The van der Waals surface area contributed by atoms with E-state index in [0.717, 1.165) is 6.07 Å². The standard InChI is InChI=1S/C19H12ClFN2O4/c1-8-4-16(27-23-8)18(25)17-12-6-11(10-3-2-9(21)5-15(10)24)13(20)7-14(12)22-19(17)26/h2-7,24-25H,1H3,(H,22,26)/b18-17+. The molecule has 1 aromatic heterocycles. The third-order valence-electron chi connectivity index (χ3n) is 4.20. The van der Waals surface area contributed by atoms with E-state index in [0.29, 0.717) is 22.5 Å². The maximum atomic E-state index is 13.3. The first-order valence-corrected chi connectivity index (χ1v) is 8.24. The number of carbonyl (C=O) groups is 1. The molecular weight excluding hydrogens is 375 g/mol. The lowest BCUT2D eigenvalue weighted by molar-refractivity contribution is -0.110. The Morgan fingerprint density at radius 2 is 1.96 bits per heavy atom. The number of hydrogen-bond acceptors (Lipinski definition) is 5. The summed E-state index contributed by atoms with van der Waals surface area (Å²) in [7, 11) is 0. The van der Waals surface area contributed by atoms with E-state index < -0.39 is 11.7 Å². The number of carbonyl (C=O) groups excluding carboxylic acids is 1. The van der Waals surface area contributed by atoms with Gasteiger partial charge in [0.15, 0.2) is 5.76 Å². The van der Waals surface area contributed by atoms with Crippen LogP contribution < -0.4 is 5.32 Å². The highest BCUT2D eigenvalue weighted by Gasteiger charge is 2.31. The van der Waals surface area contributed by atoms with Gasteiger partial charge in [0.05, 0.1) is 22.0 Å². The molecule has 8 heteroatoms. The topological polar surface area (TPSA) is 95.6 Å². The normalized spacial score (nSPS) is 14.9. The molecule has 0 radical (unpaired) electrons. The van der Waals surface area contributed by atoms with Crippen LogP contribution in [0, 0.1) is 12.7 Å². The number of aromatic hydroxyl groups is 1. The van der Waals surface area contributed by atoms with Gasteiger partial charge in [-0.15, -0.1) is 0 Å². The number of rotatable bonds is 2. The van der Waals surface area contributed by atoms with Crippen molar-refractivity contribution in [3.8, 4) is 16.9 Å². The highest BCUT2D eigenvalue weighted by Crippen LogP contribution is 2.43. The smallest absolute Gasteiger partial charge is 0.260 e. The SMILES string of the molecule is Cc1cc(/C(O)=C2\C(=O)Nc3cc(Cl)c(-c4ccc(F)cc4O)cc32)on1. The summed E-state index contributed by atoms with van der Waals surface area (Å²) in [5, 5.41) is 27.1. The summed E-state index contributed by atoms with van der Waals surface area (Å²) in [6.45, 7) is 1.68. The van der Waals surface area contributed by atoms with E-state index in [1.165, 1.54) is 30.3 Å². The lowest BCUT2D eigenvalue weighted by Crippen LogP contribution is -2.05. The van der Waals surface area contributed by atoms with E-state index >= 15 is 0 Å². The zero-order valence-corrected chi connectivity index (χ0v) is 14.6. The van der Waals surface area contributed by atoms with E-state index in [2.05, 4.69) is 10.5 Å². The molecule has 0 fully saturated rings. The van der Waals surface area contributed by atoms with Crippen LogP contribution in [0.2, 0.25) is 5.02 Å². The number of fused-ring (bicyclic) bond motifs is 1. The van der Waals surface area contributed by atoms with E-state index in [4.69, 9.17) is 16.1 Å². The van der Waals surface area contributed by atoms with Gasteiger partial charge >= 0.3 is 0 Å². The maximum Gasteiger partial charge on any atom is 0.260 e. The van der Waals surface area contributed by atoms with Crippen molar-refractivity contribution < 1.29 is 23.9 Å². The second-order valence-electron chi connectivity index (χ2n) is 6.05. The van der Waals surface area contributed by atoms with E-state index in [1.807, 2.05) is 0 Å². The summed E-state index contributed by atoms with van der Waals surface area (Å²) in [5.41, 5.74) is 1.97. The second-order valence-corrected chi connectivity index (χ2v) is 6.46. The summed E-state index contributed by atoms with van der Waals surface area (Å²) in [4.78, 5) is 12.4. The first-order valence-electron chi connectivity index (χ1n) is 7.86. The lowest BCUT2D eigenvalue weighted by atomic mass is 9.97. The van der Waals surface area contributed by atoms with Gasteiger partial charge < -0.3 is 20.1 Å². The molecule has 27 heavy (non-hydrogen) atoms. The molecule has 136 valence electrons. The highest BCUT2D eigenvalue weighted by atomic mass is 35.5. The Morgan fingerprint density at radius 1 is 1.19 bits per heavy atom. The molecule has 2 aromatic carbocycles. The van der Waals surface area contributed by atoms with Crippen molar-refractivity contribution in [2.75, 3.05) is 5.32 Å². The molecule has 0 bridgehead atoms. The summed E-state index contributed by atoms with van der Waals surface area (Å²) >= 11 is 6.29. The maximum absolute atomic E-state index is 13.3. The van der Waals surface area contributed by atoms with Crippen molar-refractivity contribution in [3.05, 3.63) is 64.3 Å². The quantitative estimate of drug-likeness (QED) is 0.444. The van der Waals surface area contributed by atoms with Crippen molar-refractivity contribution >= 4 is 34.5 Å². The van der Waals surface area contributed by atoms with Gasteiger partial charge in [-0.2, -0.15) is 0 Å². The fourth-order valence-corrected chi connectivity index (χ4v) is 3.23. The number of aromatic nitrogens is 1. The Bertz CT molecular complexity index is 1140. The number of anilines is 1. The summed E-state index contributed by atoms with van der Waals surface area (Å²) in [6, 6.07) is 8.07. The molecule has 0 unspecified atom stereocenters. The van der Waals surface area contributed by atoms with Gasteiger partial charge in [0.2, 0.25) is 5.76 Å². The molecule has 2 heterocycles. The third-order valence-corrected chi connectivity index (χ3v) is 4.51. The van der Waals surface area contributed by atoms with Crippen LogP contribution >= 0.6 is 11.6 Å². The van der Waals surface area contributed by atoms with Gasteiger partial charge in [0.1, 0.15) is 11.6 Å². The van der Waals surface area contributed by atoms with Gasteiger partial charge in [-0.05, 0) is 31.2 Å². The Morgan fingerprint density at radius 3 is 2.63 bits per heavy atom. The number of phenolic OH excluding ortho intramolecular Hbond substituents is 1. The van der Waals surface area contributed by atoms with Crippen molar-refractivity contribution in [2.24, 2.45) is 0 Å². The number of benzene rings is 2. The molecule has 1 amide bonds. The van der Waals surface area contributed by atoms with Gasteiger partial charge in [-0.1, -0.05) is 16.8 Å². The van der Waals surface area contributed by atoms with Crippen LogP contribution in [0.4, 0.5) is 10.1 Å². The van der Waals surface area contributed by atoms with E-state index in [1.54, 1.807) is 6.92 Å². The number of nitrogens with zero attached hydrogens (tertiary/aromatic N) is 1. The van der Waals surface area contributed by atoms with Crippen LogP contribution in [-0.4, -0.2) is 21.3 Å². The number of phenols is 1. The van der Waals surface area contributed by atoms with Crippen molar-refractivity contribution in [3.63, 3.8) is 0 Å². The van der Waals surface area contributed by atoms with E-state index in [9.17, 15) is 19.4 Å². The van der Waals surface area contributed by atoms with Crippen LogP contribution in [-0.2, 0) is 4.79 Å². The Hall–Kier alpha value is -3.32. The fourth-order valence-electron chi connectivity index (χ4n) is 2.96. The zero-order valence-electron chi connectivity index (χ0n) is 13.9. The van der Waals surface area contributed by atoms with Crippen molar-refractivity contribution in [1.29, 1.82) is 0 Å². The molecule has 3 N–H and O–H groups in total. The molecule has 0 saturated heterocycles. The molecule has 1 aliphatic heterocycles. The lowest BCUT2D eigenvalue weighted by Gasteiger charge is -2.10. The number of nitrogens with one attached hydrogen (secondary N) is 1. The van der Waals surface area contributed by atoms with Crippen LogP contribution in [0.25, 0.3) is 22.5 Å². The minimum absolute atomic E-state index is 0.0133. The number of aliphatic hydroxyl groups excluding tert-OH is 1. The number of amides is 1. The second kappa shape index (κ2) is 6.14. The highest BCUT2D eigenvalue weighted by molar-refractivity contribution is 6.38. The van der Waals surface area contributed by atoms with Crippen LogP contribution in [0.1, 0.15) is 17.0 Å². The predicted octanol–water partition coefficient (Wildman–Crippen LogP) is 4.53. The Kier molecular flexibility index (Phi) is 3.89. The van der Waals surface area contributed by atoms with Crippen LogP contribution in [0.3, 0.4) is 0 Å². The minimum Gasteiger partial charge on any atom is -0.507 e. The molecule has 0 spiro atoms. The van der Waals surface area contributed by atoms with Crippen LogP contribution in [0.5, 0.6) is 5.75 Å². The third kappa shape index (κ3) is 2.82. The first kappa shape index (κ1) is 17.1. The monoisotopic (exact) mass is 386 g/mol. The number of halogens is 2. The van der Waals surface area contributed by atoms with Gasteiger partial charge in [-0.25, -0.2) is 4.39 Å². The minimum atomic E-state index is -0.593. The number of aryl methyl sites for hydroxylation is 1. The summed E-state index contributed by atoms with van der Waals surface area (Å²) in [5.74, 6) is -1.75. The molecule has 0 aliphatic carbocycles. The van der Waals surface area contributed by atoms with Gasteiger partial charge in [0, 0.05) is 28.8 Å². The largest absolute Gasteiger partial charge is 0.507 e. The number of aliphatic hydroxyl groups is 1. The van der Waals surface area contributed by atoms with Gasteiger partial charge in [-0.3, -0.25) is 4.79 Å². The number of hydrogen-bond donors (Lipinski definition) is 3. The van der Waals surface area contributed by atoms with Crippen molar-refractivity contribution in [2.45, 2.75) is 6.92 Å². The average molecular weight is 387 g/mol. The molecule has 1 aliphatic rings. The zero-order chi connectivity index (χ0) is 19.3. The molecule has 6 nitrogen and oxygen atoms in total. The molecule has 0 saturated carbocycles. The predicted molar refractivity (Wildman–Crippen MR) is 97.8 cm³/mol. The Labute approximate surface area is 157 Å². The molecule has 4 rings (SSSR count). The van der Waals surface area contributed by atoms with E-state index in [-0.39, 0.29) is 33.4 Å².